The maximum absolute atomic E-state index is 13.9. The molecule has 0 bridgehead atoms. The molecule has 0 aliphatic carbocycles. The van der Waals surface area contributed by atoms with E-state index in [1.54, 1.807) is 91.7 Å². The van der Waals surface area contributed by atoms with Crippen LogP contribution in [0.2, 0.25) is 0 Å². The molecule has 0 radical (unpaired) electrons. The number of Topliss-reactive ketones (excluding diaryl/α,β-unsaturated/α-hetero) is 3. The summed E-state index contributed by atoms with van der Waals surface area (Å²) in [6.07, 6.45) is 16.6. The predicted octanol–water partition coefficient (Wildman–Crippen LogP) is 8.14. The number of benzene rings is 1. The van der Waals surface area contributed by atoms with Crippen molar-refractivity contribution in [3.63, 3.8) is 0 Å². The summed E-state index contributed by atoms with van der Waals surface area (Å²) in [7, 11) is 6.20. The molecule has 0 fully saturated rings. The average molecular weight is 1350 g/mol. The Morgan fingerprint density at radius 3 is 1.59 bits per heavy atom. The smallest absolute Gasteiger partial charge is 0.409 e. The van der Waals surface area contributed by atoms with Gasteiger partial charge in [-0.25, -0.2) is 9.59 Å². The van der Waals surface area contributed by atoms with Crippen molar-refractivity contribution in [2.75, 3.05) is 79.3 Å². The first kappa shape index (κ1) is 86.5. The van der Waals surface area contributed by atoms with Gasteiger partial charge in [-0.3, -0.25) is 52.7 Å². The SMILES string of the molecule is CCCCCCCCCCCCCCCC(=O)NCCC(=O)N(C)CC(=O)C[C@@H](CCCCNC(=O)CCCC(=O)N[C@H](C(=O)N[C@@H](CCCNC(N)=O)C(=O)Nc1ccc(COC(=O)N(C)CCN(C)C(=O)C(C)C)cc1)C(C)C)C(=O)N(C)CC(=O)C[C@@H](C)C(=O)C(C)C. The van der Waals surface area contributed by atoms with Gasteiger partial charge in [0.1, 0.15) is 24.5 Å². The van der Waals surface area contributed by atoms with Crippen LogP contribution in [0.25, 0.3) is 0 Å². The molecule has 8 N–H and O–H groups in total. The minimum Gasteiger partial charge on any atom is -0.445 e. The highest BCUT2D eigenvalue weighted by Gasteiger charge is 2.31. The zero-order valence-electron chi connectivity index (χ0n) is 60.3. The zero-order chi connectivity index (χ0) is 72.1. The summed E-state index contributed by atoms with van der Waals surface area (Å²) >= 11 is 0. The molecule has 544 valence electrons. The maximum atomic E-state index is 13.9. The summed E-state index contributed by atoms with van der Waals surface area (Å²) in [4.78, 5) is 174. The Morgan fingerprint density at radius 1 is 0.490 bits per heavy atom. The van der Waals surface area contributed by atoms with Gasteiger partial charge in [-0.15, -0.1) is 0 Å². The summed E-state index contributed by atoms with van der Waals surface area (Å²) in [6, 6.07) is 3.58. The number of hydrogen-bond acceptors (Lipinski definition) is 14. The van der Waals surface area contributed by atoms with E-state index in [1.807, 2.05) is 0 Å². The zero-order valence-corrected chi connectivity index (χ0v) is 60.3. The van der Waals surface area contributed by atoms with E-state index in [1.165, 1.54) is 93.0 Å². The Balaban J connectivity index is 2.80. The van der Waals surface area contributed by atoms with Crippen LogP contribution in [-0.2, 0) is 64.1 Å². The third-order valence-corrected chi connectivity index (χ3v) is 16.7. The molecule has 0 spiro atoms. The highest BCUT2D eigenvalue weighted by atomic mass is 16.6. The molecular weight excluding hydrogens is 1230 g/mol. The number of hydrogen-bond donors (Lipinski definition) is 7. The molecule has 1 aromatic rings. The van der Waals surface area contributed by atoms with Gasteiger partial charge in [-0.05, 0) is 62.1 Å². The molecule has 0 aliphatic heterocycles. The van der Waals surface area contributed by atoms with Gasteiger partial charge in [0, 0.05) is 129 Å². The van der Waals surface area contributed by atoms with Crippen molar-refractivity contribution in [2.45, 2.75) is 235 Å². The van der Waals surface area contributed by atoms with Crippen molar-refractivity contribution in [3.8, 4) is 0 Å². The van der Waals surface area contributed by atoms with Crippen LogP contribution in [0.3, 0.4) is 0 Å². The molecule has 0 saturated carbocycles. The molecule has 4 atom stereocenters. The van der Waals surface area contributed by atoms with Crippen LogP contribution in [0, 0.1) is 29.6 Å². The van der Waals surface area contributed by atoms with Crippen LogP contribution in [0.15, 0.2) is 24.3 Å². The number of urea groups is 1. The number of carbonyl (C=O) groups excluding carboxylic acids is 13. The normalized spacial score (nSPS) is 12.4. The number of ether oxygens (including phenoxy) is 1. The Hall–Kier alpha value is -7.47. The summed E-state index contributed by atoms with van der Waals surface area (Å²) in [5, 5.41) is 16.3. The highest BCUT2D eigenvalue weighted by Crippen LogP contribution is 2.20. The second kappa shape index (κ2) is 50.0. The number of unbranched alkanes of at least 4 members (excludes halogenated alkanes) is 13. The Morgan fingerprint density at radius 2 is 1.02 bits per heavy atom. The number of nitrogens with two attached hydrogens (primary N) is 1. The number of primary amides is 1. The number of amides is 11. The van der Waals surface area contributed by atoms with Crippen LogP contribution in [-0.4, -0.2) is 182 Å². The highest BCUT2D eigenvalue weighted by molar-refractivity contribution is 5.99. The number of rotatable bonds is 53. The lowest BCUT2D eigenvalue weighted by Gasteiger charge is -2.25. The molecule has 0 aliphatic rings. The first-order valence-electron chi connectivity index (χ1n) is 35.2. The standard InChI is InChI=1S/C71H121N11O14/c1-13-14-15-16-17-18-19-20-21-22-23-24-25-32-60(85)74-42-39-63(88)81(11)47-58(84)46-55(69(93)82(12)48-57(83)45-53(8)65(89)51(4)5)30-26-27-40-73-61(86)33-28-34-62(87)78-64(50(2)3)67(91)77-59(31-29-41-75-70(72)94)66(90)76-56-37-35-54(36-38-56)49-96-71(95)80(10)44-43-79(9)68(92)52(6)7/h35-38,50-53,55,59,64H,13-34,39-49H2,1-12H3,(H,73,86)(H,74,85)(H,76,90)(H,77,91)(H,78,87)(H3,72,75,94)/t53-,55-,59+,64+/m1/s1. The number of carbonyl (C=O) groups is 13. The van der Waals surface area contributed by atoms with Crippen LogP contribution in [0.5, 0.6) is 0 Å². The van der Waals surface area contributed by atoms with E-state index < -0.39 is 65.6 Å². The topological polar surface area (TPSA) is 342 Å². The fraction of sp³-hybridized carbons (Fsp3) is 0.732. The number of ketones is 3. The monoisotopic (exact) mass is 1350 g/mol. The largest absolute Gasteiger partial charge is 0.445 e. The van der Waals surface area contributed by atoms with Crippen molar-refractivity contribution in [1.29, 1.82) is 0 Å². The first-order valence-corrected chi connectivity index (χ1v) is 35.2. The molecule has 96 heavy (non-hydrogen) atoms. The molecule has 0 saturated heterocycles. The third kappa shape index (κ3) is 39.5. The van der Waals surface area contributed by atoms with Gasteiger partial charge >= 0.3 is 12.1 Å². The fourth-order valence-electron chi connectivity index (χ4n) is 10.8. The average Bonchev–Trinajstić information content (AvgIpc) is 0.901. The lowest BCUT2D eigenvalue weighted by atomic mass is 9.92. The van der Waals surface area contributed by atoms with Crippen LogP contribution < -0.4 is 37.6 Å². The third-order valence-electron chi connectivity index (χ3n) is 16.7. The number of nitrogens with one attached hydrogen (secondary N) is 6. The fourth-order valence-corrected chi connectivity index (χ4v) is 10.8. The lowest BCUT2D eigenvalue weighted by molar-refractivity contribution is -0.140. The summed E-state index contributed by atoms with van der Waals surface area (Å²) in [5.41, 5.74) is 6.23. The Bertz CT molecular complexity index is 2580. The first-order chi connectivity index (χ1) is 45.5. The minimum absolute atomic E-state index is 0.00371. The molecule has 11 amide bonds. The molecule has 0 heterocycles. The van der Waals surface area contributed by atoms with Gasteiger partial charge in [0.05, 0.1) is 13.1 Å². The molecule has 0 aromatic heterocycles. The lowest BCUT2D eigenvalue weighted by Crippen LogP contribution is -2.54. The molecule has 25 heteroatoms. The summed E-state index contributed by atoms with van der Waals surface area (Å²) in [5.74, 6) is -5.97. The molecular formula is C71H121N11O14. The minimum atomic E-state index is -1.11. The van der Waals surface area contributed by atoms with Gasteiger partial charge < -0.3 is 62.0 Å². The summed E-state index contributed by atoms with van der Waals surface area (Å²) < 4.78 is 5.43. The van der Waals surface area contributed by atoms with Gasteiger partial charge in [0.25, 0.3) is 0 Å². The molecule has 1 rings (SSSR count). The van der Waals surface area contributed by atoms with E-state index in [9.17, 15) is 62.3 Å². The number of anilines is 1. The van der Waals surface area contributed by atoms with Gasteiger partial charge in [0.15, 0.2) is 11.6 Å². The quantitative estimate of drug-likeness (QED) is 0.0303. The maximum Gasteiger partial charge on any atom is 0.409 e. The predicted molar refractivity (Wildman–Crippen MR) is 372 cm³/mol. The molecule has 25 nitrogen and oxygen atoms in total. The van der Waals surface area contributed by atoms with Crippen LogP contribution in [0.4, 0.5) is 15.3 Å². The van der Waals surface area contributed by atoms with E-state index in [0.717, 1.165) is 19.3 Å². The van der Waals surface area contributed by atoms with E-state index in [0.29, 0.717) is 37.1 Å². The van der Waals surface area contributed by atoms with Gasteiger partial charge in [0.2, 0.25) is 47.3 Å². The van der Waals surface area contributed by atoms with E-state index in [2.05, 4.69) is 38.8 Å². The molecule has 0 unspecified atom stereocenters. The number of nitrogens with zero attached hydrogens (tertiary/aromatic N) is 4. The van der Waals surface area contributed by atoms with Crippen LogP contribution in [0.1, 0.15) is 221 Å². The van der Waals surface area contributed by atoms with E-state index >= 15 is 0 Å². The van der Waals surface area contributed by atoms with Gasteiger partial charge in [-0.2, -0.15) is 0 Å². The van der Waals surface area contributed by atoms with Crippen molar-refractivity contribution < 1.29 is 67.1 Å². The van der Waals surface area contributed by atoms with Crippen molar-refractivity contribution >= 4 is 82.4 Å². The van der Waals surface area contributed by atoms with Crippen molar-refractivity contribution in [3.05, 3.63) is 29.8 Å². The second-order valence-corrected chi connectivity index (χ2v) is 26.7. The van der Waals surface area contributed by atoms with E-state index in [-0.39, 0.29) is 156 Å². The second-order valence-electron chi connectivity index (χ2n) is 26.7. The van der Waals surface area contributed by atoms with Crippen molar-refractivity contribution in [1.82, 2.24) is 46.2 Å². The number of likely N-dealkylation sites (N-methyl/N-ethyl adjacent to an activating group) is 4. The van der Waals surface area contributed by atoms with Crippen LogP contribution >= 0.6 is 0 Å². The van der Waals surface area contributed by atoms with Crippen molar-refractivity contribution in [2.24, 2.45) is 35.3 Å². The molecule has 1 aromatic carbocycles. The van der Waals surface area contributed by atoms with Gasteiger partial charge in [-0.1, -0.05) is 151 Å². The summed E-state index contributed by atoms with van der Waals surface area (Å²) in [6.45, 7) is 15.0. The Kier molecular flexibility index (Phi) is 45.0. The Labute approximate surface area is 572 Å². The van der Waals surface area contributed by atoms with E-state index in [4.69, 9.17) is 10.5 Å².